The zero-order valence-electron chi connectivity index (χ0n) is 13.0. The van der Waals surface area contributed by atoms with Crippen LogP contribution >= 0.6 is 11.3 Å². The third-order valence-corrected chi connectivity index (χ3v) is 4.98. The third kappa shape index (κ3) is 3.99. The molecule has 0 bridgehead atoms. The number of alkyl halides is 2. The monoisotopic (exact) mass is 365 g/mol. The van der Waals surface area contributed by atoms with Gasteiger partial charge in [-0.1, -0.05) is 23.5 Å². The molecule has 1 aliphatic carbocycles. The third-order valence-electron chi connectivity index (χ3n) is 4.28. The van der Waals surface area contributed by atoms with E-state index >= 15 is 0 Å². The average molecular weight is 365 g/mol. The van der Waals surface area contributed by atoms with Crippen LogP contribution in [0.25, 0.3) is 0 Å². The first-order valence-corrected chi connectivity index (χ1v) is 8.50. The Labute approximate surface area is 146 Å². The Morgan fingerprint density at radius 1 is 1.48 bits per heavy atom. The number of hydrogen-bond donors (Lipinski definition) is 1. The summed E-state index contributed by atoms with van der Waals surface area (Å²) in [5.74, 6) is -4.74. The van der Waals surface area contributed by atoms with Crippen molar-refractivity contribution in [3.05, 3.63) is 46.7 Å². The molecular formula is C17H14F3N3OS. The number of aromatic nitrogens is 1. The van der Waals surface area contributed by atoms with Crippen molar-refractivity contribution in [1.29, 1.82) is 5.26 Å². The van der Waals surface area contributed by atoms with E-state index in [0.717, 1.165) is 6.20 Å². The van der Waals surface area contributed by atoms with Gasteiger partial charge >= 0.3 is 0 Å². The number of carbonyl (C=O) groups excluding carboxylic acids is 1. The molecule has 3 rings (SSSR count). The minimum Gasteiger partial charge on any atom is -0.301 e. The van der Waals surface area contributed by atoms with Crippen molar-refractivity contribution in [2.75, 3.05) is 5.32 Å². The molecule has 130 valence electrons. The number of nitrogens with one attached hydrogen (secondary N) is 1. The number of hydrogen-bond acceptors (Lipinski definition) is 4. The standard InChI is InChI=1S/C17H14F3N3OS/c18-13-9-22-16(25-13)23-15(24)14(12-4-5-17(19,20)7-12)11-3-1-2-10(6-11)8-21/h1-3,6,9,12,14H,4-5,7H2,(H,22,23,24)/t12-,14+/m0/s1. The minimum absolute atomic E-state index is 0.0775. The zero-order valence-corrected chi connectivity index (χ0v) is 13.8. The molecule has 0 saturated heterocycles. The Bertz CT molecular complexity index is 831. The summed E-state index contributed by atoms with van der Waals surface area (Å²) in [6.07, 6.45) is 0.517. The second-order valence-corrected chi connectivity index (χ2v) is 7.01. The van der Waals surface area contributed by atoms with Gasteiger partial charge in [0.25, 0.3) is 0 Å². The van der Waals surface area contributed by atoms with Gasteiger partial charge in [0.15, 0.2) is 10.3 Å². The number of halogens is 3. The van der Waals surface area contributed by atoms with Crippen molar-refractivity contribution in [3.8, 4) is 6.07 Å². The van der Waals surface area contributed by atoms with E-state index < -0.39 is 35.2 Å². The summed E-state index contributed by atoms with van der Waals surface area (Å²) in [6, 6.07) is 8.35. The first-order valence-electron chi connectivity index (χ1n) is 7.68. The molecule has 8 heteroatoms. The fourth-order valence-corrected chi connectivity index (χ4v) is 3.75. The van der Waals surface area contributed by atoms with Gasteiger partial charge in [0.2, 0.25) is 11.8 Å². The molecule has 25 heavy (non-hydrogen) atoms. The zero-order chi connectivity index (χ0) is 18.0. The highest BCUT2D eigenvalue weighted by Crippen LogP contribution is 2.45. The summed E-state index contributed by atoms with van der Waals surface area (Å²) in [6.45, 7) is 0. The molecule has 1 N–H and O–H groups in total. The summed E-state index contributed by atoms with van der Waals surface area (Å²) >= 11 is 0.668. The predicted molar refractivity (Wildman–Crippen MR) is 86.9 cm³/mol. The second-order valence-electron chi connectivity index (χ2n) is 6.03. The lowest BCUT2D eigenvalue weighted by atomic mass is 9.83. The predicted octanol–water partition coefficient (Wildman–Crippen LogP) is 4.31. The molecule has 2 aromatic rings. The van der Waals surface area contributed by atoms with Gasteiger partial charge in [-0.2, -0.15) is 9.65 Å². The van der Waals surface area contributed by atoms with E-state index in [1.165, 1.54) is 6.07 Å². The van der Waals surface area contributed by atoms with Gasteiger partial charge in [-0.25, -0.2) is 13.8 Å². The highest BCUT2D eigenvalue weighted by molar-refractivity contribution is 7.14. The molecule has 2 atom stereocenters. The van der Waals surface area contributed by atoms with Crippen molar-refractivity contribution in [2.45, 2.75) is 31.1 Å². The van der Waals surface area contributed by atoms with Gasteiger partial charge in [-0.3, -0.25) is 4.79 Å². The lowest BCUT2D eigenvalue weighted by Crippen LogP contribution is -2.27. The van der Waals surface area contributed by atoms with Crippen molar-refractivity contribution >= 4 is 22.4 Å². The number of carbonyl (C=O) groups is 1. The first kappa shape index (κ1) is 17.4. The van der Waals surface area contributed by atoms with Gasteiger partial charge in [-0.05, 0) is 30.0 Å². The van der Waals surface area contributed by atoms with E-state index in [1.807, 2.05) is 6.07 Å². The van der Waals surface area contributed by atoms with E-state index in [2.05, 4.69) is 10.3 Å². The Hall–Kier alpha value is -2.40. The maximum absolute atomic E-state index is 13.7. The van der Waals surface area contributed by atoms with Gasteiger partial charge < -0.3 is 5.32 Å². The van der Waals surface area contributed by atoms with Crippen LogP contribution in [0.4, 0.5) is 18.3 Å². The maximum Gasteiger partial charge on any atom is 0.248 e. The molecule has 1 fully saturated rings. The highest BCUT2D eigenvalue weighted by Gasteiger charge is 2.45. The molecule has 1 aromatic carbocycles. The van der Waals surface area contributed by atoms with Crippen LogP contribution in [-0.2, 0) is 4.79 Å². The molecule has 1 saturated carbocycles. The molecule has 1 aliphatic rings. The SMILES string of the molecule is N#Cc1cccc([C@@H](C(=O)Nc2ncc(F)s2)[C@H]2CCC(F)(F)C2)c1. The average Bonchev–Trinajstić information content (AvgIpc) is 3.13. The highest BCUT2D eigenvalue weighted by atomic mass is 32.1. The summed E-state index contributed by atoms with van der Waals surface area (Å²) in [4.78, 5) is 16.5. The molecule has 0 unspecified atom stereocenters. The van der Waals surface area contributed by atoms with Gasteiger partial charge in [0.1, 0.15) is 0 Å². The second kappa shape index (κ2) is 6.84. The van der Waals surface area contributed by atoms with Crippen LogP contribution in [0.3, 0.4) is 0 Å². The van der Waals surface area contributed by atoms with E-state index in [-0.39, 0.29) is 18.0 Å². The number of rotatable bonds is 4. The van der Waals surface area contributed by atoms with Crippen LogP contribution in [0, 0.1) is 22.4 Å². The van der Waals surface area contributed by atoms with Gasteiger partial charge in [-0.15, -0.1) is 0 Å². The minimum atomic E-state index is -2.80. The smallest absolute Gasteiger partial charge is 0.248 e. The fourth-order valence-electron chi connectivity index (χ4n) is 3.20. The van der Waals surface area contributed by atoms with Crippen LogP contribution in [-0.4, -0.2) is 16.8 Å². The maximum atomic E-state index is 13.7. The van der Waals surface area contributed by atoms with Crippen LogP contribution in [0.2, 0.25) is 0 Å². The van der Waals surface area contributed by atoms with E-state index in [4.69, 9.17) is 5.26 Å². The van der Waals surface area contributed by atoms with Crippen molar-refractivity contribution in [3.63, 3.8) is 0 Å². The van der Waals surface area contributed by atoms with Crippen LogP contribution < -0.4 is 5.32 Å². The summed E-state index contributed by atoms with van der Waals surface area (Å²) < 4.78 is 40.4. The van der Waals surface area contributed by atoms with Crippen molar-refractivity contribution in [2.24, 2.45) is 5.92 Å². The lowest BCUT2D eigenvalue weighted by molar-refractivity contribution is -0.118. The quantitative estimate of drug-likeness (QED) is 0.878. The van der Waals surface area contributed by atoms with Crippen molar-refractivity contribution in [1.82, 2.24) is 4.98 Å². The van der Waals surface area contributed by atoms with E-state index in [0.29, 0.717) is 22.5 Å². The van der Waals surface area contributed by atoms with E-state index in [9.17, 15) is 18.0 Å². The summed E-state index contributed by atoms with van der Waals surface area (Å²) in [5, 5.41) is 11.1. The van der Waals surface area contributed by atoms with Gasteiger partial charge in [0, 0.05) is 12.8 Å². The molecule has 4 nitrogen and oxygen atoms in total. The Kier molecular flexibility index (Phi) is 4.77. The molecule has 1 heterocycles. The molecule has 0 radical (unpaired) electrons. The molecule has 0 spiro atoms. The van der Waals surface area contributed by atoms with Crippen LogP contribution in [0.5, 0.6) is 0 Å². The van der Waals surface area contributed by atoms with Crippen LogP contribution in [0.1, 0.15) is 36.3 Å². The number of benzene rings is 1. The van der Waals surface area contributed by atoms with Crippen LogP contribution in [0.15, 0.2) is 30.5 Å². The Morgan fingerprint density at radius 3 is 2.88 bits per heavy atom. The number of thiazole rings is 1. The Balaban J connectivity index is 1.91. The van der Waals surface area contributed by atoms with E-state index in [1.54, 1.807) is 18.2 Å². The number of nitriles is 1. The molecule has 1 aromatic heterocycles. The summed E-state index contributed by atoms with van der Waals surface area (Å²) in [5.41, 5.74) is 0.844. The number of nitrogens with zero attached hydrogens (tertiary/aromatic N) is 2. The largest absolute Gasteiger partial charge is 0.301 e. The van der Waals surface area contributed by atoms with Gasteiger partial charge in [0.05, 0.1) is 23.7 Å². The molecular weight excluding hydrogens is 351 g/mol. The number of amides is 1. The Morgan fingerprint density at radius 2 is 2.28 bits per heavy atom. The first-order chi connectivity index (χ1) is 11.9. The normalized spacial score (nSPS) is 20.0. The molecule has 1 amide bonds. The summed E-state index contributed by atoms with van der Waals surface area (Å²) in [7, 11) is 0. The number of anilines is 1. The topological polar surface area (TPSA) is 65.8 Å². The fraction of sp³-hybridized carbons (Fsp3) is 0.353. The lowest BCUT2D eigenvalue weighted by Gasteiger charge is -2.23. The van der Waals surface area contributed by atoms with Crippen molar-refractivity contribution < 1.29 is 18.0 Å². The molecule has 0 aliphatic heterocycles.